The normalized spacial score (nSPS) is 11.8. The van der Waals surface area contributed by atoms with E-state index in [4.69, 9.17) is 0 Å². The second-order valence-corrected chi connectivity index (χ2v) is 8.41. The fourth-order valence-electron chi connectivity index (χ4n) is 2.10. The largest absolute Gasteiger partial charge is 0.343 e. The van der Waals surface area contributed by atoms with E-state index in [1.807, 2.05) is 11.8 Å². The Morgan fingerprint density at radius 2 is 1.95 bits per heavy atom. The first-order valence-corrected chi connectivity index (χ1v) is 10.0. The van der Waals surface area contributed by atoms with Crippen molar-refractivity contribution in [1.82, 2.24) is 9.21 Å². The summed E-state index contributed by atoms with van der Waals surface area (Å²) in [6, 6.07) is 3.33. The van der Waals surface area contributed by atoms with Crippen molar-refractivity contribution >= 4 is 27.3 Å². The Hall–Kier alpha value is -0.920. The van der Waals surface area contributed by atoms with Crippen LogP contribution < -0.4 is 0 Å². The molecule has 1 aromatic heterocycles. The van der Waals surface area contributed by atoms with Gasteiger partial charge in [0.1, 0.15) is 4.21 Å². The van der Waals surface area contributed by atoms with Gasteiger partial charge in [0.05, 0.1) is 0 Å². The molecule has 0 aliphatic rings. The first-order chi connectivity index (χ1) is 10.4. The number of carbonyl (C=O) groups excluding carboxylic acids is 1. The molecule has 0 radical (unpaired) electrons. The Morgan fingerprint density at radius 3 is 2.50 bits per heavy atom. The van der Waals surface area contributed by atoms with Crippen LogP contribution in [0.4, 0.5) is 0 Å². The highest BCUT2D eigenvalue weighted by molar-refractivity contribution is 7.91. The number of nitrogens with zero attached hydrogens (tertiary/aromatic N) is 2. The second kappa shape index (κ2) is 9.27. The molecule has 0 fully saturated rings. The summed E-state index contributed by atoms with van der Waals surface area (Å²) in [6.45, 7) is 5.93. The summed E-state index contributed by atoms with van der Waals surface area (Å²) in [6.07, 6.45) is 3.00. The third kappa shape index (κ3) is 5.37. The molecule has 1 heterocycles. The van der Waals surface area contributed by atoms with Gasteiger partial charge in [-0.05, 0) is 31.2 Å². The zero-order valence-corrected chi connectivity index (χ0v) is 15.3. The smallest absolute Gasteiger partial charge is 0.252 e. The van der Waals surface area contributed by atoms with E-state index < -0.39 is 10.0 Å². The van der Waals surface area contributed by atoms with Crippen molar-refractivity contribution in [3.63, 3.8) is 0 Å². The van der Waals surface area contributed by atoms with Crippen molar-refractivity contribution < 1.29 is 13.2 Å². The molecule has 0 saturated carbocycles. The van der Waals surface area contributed by atoms with Gasteiger partial charge in [-0.3, -0.25) is 4.79 Å². The first-order valence-electron chi connectivity index (χ1n) is 7.71. The Labute approximate surface area is 138 Å². The van der Waals surface area contributed by atoms with Crippen LogP contribution in [-0.4, -0.2) is 50.2 Å². The third-order valence-corrected chi connectivity index (χ3v) is 6.77. The summed E-state index contributed by atoms with van der Waals surface area (Å²) in [5.41, 5.74) is 0. The molecule has 22 heavy (non-hydrogen) atoms. The third-order valence-electron chi connectivity index (χ3n) is 3.54. The van der Waals surface area contributed by atoms with Crippen LogP contribution in [0.25, 0.3) is 0 Å². The molecule has 0 bridgehead atoms. The first kappa shape index (κ1) is 19.1. The molecule has 7 heteroatoms. The lowest BCUT2D eigenvalue weighted by Gasteiger charge is -2.21. The molecule has 0 aliphatic carbocycles. The van der Waals surface area contributed by atoms with E-state index in [1.165, 1.54) is 15.6 Å². The number of unbranched alkanes of at least 4 members (excludes halogenated alkanes) is 1. The van der Waals surface area contributed by atoms with Gasteiger partial charge in [-0.2, -0.15) is 0 Å². The minimum absolute atomic E-state index is 0.109. The number of rotatable bonds is 10. The molecule has 0 saturated heterocycles. The van der Waals surface area contributed by atoms with Crippen molar-refractivity contribution in [2.24, 2.45) is 0 Å². The molecule has 0 N–H and O–H groups in total. The summed E-state index contributed by atoms with van der Waals surface area (Å²) in [7, 11) is -1.84. The van der Waals surface area contributed by atoms with Gasteiger partial charge in [0.15, 0.2) is 0 Å². The highest BCUT2D eigenvalue weighted by Crippen LogP contribution is 2.20. The molecule has 1 aromatic rings. The van der Waals surface area contributed by atoms with Gasteiger partial charge in [-0.1, -0.05) is 19.4 Å². The van der Waals surface area contributed by atoms with Crippen molar-refractivity contribution in [2.45, 2.75) is 43.7 Å². The fourth-order valence-corrected chi connectivity index (χ4v) is 4.51. The SMILES string of the molecule is CCCCN(CC)C(=O)CCCN(C)S(=O)(=O)c1cccs1. The van der Waals surface area contributed by atoms with Crippen LogP contribution in [0.15, 0.2) is 21.7 Å². The van der Waals surface area contributed by atoms with E-state index >= 15 is 0 Å². The van der Waals surface area contributed by atoms with Gasteiger partial charge < -0.3 is 4.90 Å². The van der Waals surface area contributed by atoms with Crippen molar-refractivity contribution in [1.29, 1.82) is 0 Å². The van der Waals surface area contributed by atoms with Crippen molar-refractivity contribution in [3.05, 3.63) is 17.5 Å². The molecule has 126 valence electrons. The number of hydrogen-bond acceptors (Lipinski definition) is 4. The average Bonchev–Trinajstić information content (AvgIpc) is 3.02. The molecule has 1 amide bonds. The second-order valence-electron chi connectivity index (χ2n) is 5.19. The van der Waals surface area contributed by atoms with Gasteiger partial charge in [0.25, 0.3) is 10.0 Å². The molecular formula is C15H26N2O3S2. The van der Waals surface area contributed by atoms with Crippen molar-refractivity contribution in [3.8, 4) is 0 Å². The van der Waals surface area contributed by atoms with E-state index in [2.05, 4.69) is 6.92 Å². The number of thiophene rings is 1. The fraction of sp³-hybridized carbons (Fsp3) is 0.667. The average molecular weight is 347 g/mol. The maximum Gasteiger partial charge on any atom is 0.252 e. The van der Waals surface area contributed by atoms with Crippen LogP contribution in [-0.2, 0) is 14.8 Å². The number of amides is 1. The Kier molecular flexibility index (Phi) is 8.06. The minimum atomic E-state index is -3.41. The minimum Gasteiger partial charge on any atom is -0.343 e. The van der Waals surface area contributed by atoms with E-state index in [0.717, 1.165) is 19.4 Å². The Bertz CT molecular complexity index is 541. The topological polar surface area (TPSA) is 57.7 Å². The van der Waals surface area contributed by atoms with E-state index in [9.17, 15) is 13.2 Å². The quantitative estimate of drug-likeness (QED) is 0.654. The van der Waals surface area contributed by atoms with Crippen LogP contribution in [0.1, 0.15) is 39.5 Å². The predicted octanol–water partition coefficient (Wildman–Crippen LogP) is 2.80. The van der Waals surface area contributed by atoms with Crippen LogP contribution in [0.3, 0.4) is 0 Å². The molecular weight excluding hydrogens is 320 g/mol. The lowest BCUT2D eigenvalue weighted by atomic mass is 10.2. The predicted molar refractivity (Wildman–Crippen MR) is 90.5 cm³/mol. The van der Waals surface area contributed by atoms with Gasteiger partial charge in [-0.15, -0.1) is 11.3 Å². The van der Waals surface area contributed by atoms with Crippen LogP contribution in [0.5, 0.6) is 0 Å². The Balaban J connectivity index is 2.44. The van der Waals surface area contributed by atoms with Crippen LogP contribution in [0, 0.1) is 0 Å². The van der Waals surface area contributed by atoms with Crippen molar-refractivity contribution in [2.75, 3.05) is 26.7 Å². The lowest BCUT2D eigenvalue weighted by molar-refractivity contribution is -0.131. The summed E-state index contributed by atoms with van der Waals surface area (Å²) in [5, 5.41) is 1.75. The molecule has 1 rings (SSSR count). The molecule has 0 atom stereocenters. The lowest BCUT2D eigenvalue weighted by Crippen LogP contribution is -2.33. The molecule has 0 spiro atoms. The maximum absolute atomic E-state index is 12.2. The van der Waals surface area contributed by atoms with E-state index in [0.29, 0.717) is 30.1 Å². The monoisotopic (exact) mass is 346 g/mol. The van der Waals surface area contributed by atoms with Gasteiger partial charge in [-0.25, -0.2) is 12.7 Å². The Morgan fingerprint density at radius 1 is 1.23 bits per heavy atom. The molecule has 5 nitrogen and oxygen atoms in total. The van der Waals surface area contributed by atoms with Crippen LogP contribution in [0.2, 0.25) is 0 Å². The van der Waals surface area contributed by atoms with Gasteiger partial charge in [0.2, 0.25) is 5.91 Å². The standard InChI is InChI=1S/C15H26N2O3S2/c1-4-6-12-17(5-2)14(18)9-7-11-16(3)22(19,20)15-10-8-13-21-15/h8,10,13H,4-7,9,11-12H2,1-3H3. The van der Waals surface area contributed by atoms with E-state index in [1.54, 1.807) is 24.6 Å². The molecule has 0 aliphatic heterocycles. The summed E-state index contributed by atoms with van der Waals surface area (Å²) in [4.78, 5) is 13.9. The highest BCUT2D eigenvalue weighted by atomic mass is 32.2. The van der Waals surface area contributed by atoms with Crippen LogP contribution >= 0.6 is 11.3 Å². The molecule has 0 unspecified atom stereocenters. The zero-order chi connectivity index (χ0) is 16.6. The zero-order valence-electron chi connectivity index (χ0n) is 13.6. The summed E-state index contributed by atoms with van der Waals surface area (Å²) >= 11 is 1.21. The number of carbonyl (C=O) groups is 1. The summed E-state index contributed by atoms with van der Waals surface area (Å²) < 4.78 is 26.2. The van der Waals surface area contributed by atoms with E-state index in [-0.39, 0.29) is 5.91 Å². The summed E-state index contributed by atoms with van der Waals surface area (Å²) in [5.74, 6) is 0.109. The number of sulfonamides is 1. The molecule has 0 aromatic carbocycles. The maximum atomic E-state index is 12.2. The number of hydrogen-bond donors (Lipinski definition) is 0. The van der Waals surface area contributed by atoms with Gasteiger partial charge in [0, 0.05) is 33.1 Å². The van der Waals surface area contributed by atoms with Gasteiger partial charge >= 0.3 is 0 Å². The highest BCUT2D eigenvalue weighted by Gasteiger charge is 2.21.